The molecule has 0 aromatic heterocycles. The van der Waals surface area contributed by atoms with E-state index < -0.39 is 0 Å². The van der Waals surface area contributed by atoms with Gasteiger partial charge in [0.1, 0.15) is 5.75 Å². The Bertz CT molecular complexity index is 728. The summed E-state index contributed by atoms with van der Waals surface area (Å²) in [5, 5.41) is 5.69. The minimum absolute atomic E-state index is 0.162. The molecule has 0 bridgehead atoms. The zero-order valence-electron chi connectivity index (χ0n) is 14.7. The largest absolute Gasteiger partial charge is 0.496 e. The van der Waals surface area contributed by atoms with Crippen molar-refractivity contribution in [2.75, 3.05) is 20.2 Å². The predicted octanol–water partition coefficient (Wildman–Crippen LogP) is 2.81. The summed E-state index contributed by atoms with van der Waals surface area (Å²) in [5.41, 5.74) is 2.01. The Balaban J connectivity index is 1.93. The first kappa shape index (κ1) is 18.5. The number of ether oxygens (including phenoxy) is 1. The van der Waals surface area contributed by atoms with Gasteiger partial charge >= 0.3 is 0 Å². The Morgan fingerprint density at radius 3 is 2.20 bits per heavy atom. The molecule has 2 N–H and O–H groups in total. The van der Waals surface area contributed by atoms with Crippen LogP contribution in [-0.2, 0) is 6.42 Å². The fourth-order valence-electron chi connectivity index (χ4n) is 2.46. The number of carbonyl (C=O) groups excluding carboxylic acids is 2. The first-order valence-electron chi connectivity index (χ1n) is 8.44. The fraction of sp³-hybridized carbons (Fsp3) is 0.300. The van der Waals surface area contributed by atoms with Gasteiger partial charge in [-0.25, -0.2) is 0 Å². The van der Waals surface area contributed by atoms with Crippen LogP contribution in [0.1, 0.15) is 39.6 Å². The molecule has 132 valence electrons. The average Bonchev–Trinajstić information content (AvgIpc) is 2.66. The molecule has 0 aliphatic carbocycles. The molecule has 0 atom stereocenters. The van der Waals surface area contributed by atoms with Gasteiger partial charge in [-0.2, -0.15) is 0 Å². The van der Waals surface area contributed by atoms with Crippen molar-refractivity contribution >= 4 is 11.8 Å². The van der Waals surface area contributed by atoms with E-state index in [1.165, 1.54) is 0 Å². The first-order valence-corrected chi connectivity index (χ1v) is 8.44. The number of nitrogens with one attached hydrogen (secondary N) is 2. The van der Waals surface area contributed by atoms with Crippen LogP contribution in [0.4, 0.5) is 0 Å². The van der Waals surface area contributed by atoms with E-state index in [1.807, 2.05) is 31.2 Å². The molecule has 25 heavy (non-hydrogen) atoms. The van der Waals surface area contributed by atoms with Crippen LogP contribution >= 0.6 is 0 Å². The molecule has 0 spiro atoms. The number of hydrogen-bond acceptors (Lipinski definition) is 3. The second kappa shape index (κ2) is 9.47. The van der Waals surface area contributed by atoms with Crippen LogP contribution in [0.5, 0.6) is 5.75 Å². The SMILES string of the molecule is CCCNC(=O)c1cccc(C(=O)NCCc2ccccc2OC)c1. The lowest BCUT2D eigenvalue weighted by molar-refractivity contribution is 0.0953. The van der Waals surface area contributed by atoms with Crippen molar-refractivity contribution in [1.29, 1.82) is 0 Å². The molecule has 0 fully saturated rings. The van der Waals surface area contributed by atoms with Gasteiger partial charge in [-0.05, 0) is 42.7 Å². The zero-order valence-corrected chi connectivity index (χ0v) is 14.7. The van der Waals surface area contributed by atoms with E-state index in [0.29, 0.717) is 30.6 Å². The van der Waals surface area contributed by atoms with Crippen LogP contribution in [0.3, 0.4) is 0 Å². The number of rotatable bonds is 8. The molecule has 0 saturated carbocycles. The lowest BCUT2D eigenvalue weighted by Crippen LogP contribution is -2.27. The molecule has 2 rings (SSSR count). The quantitative estimate of drug-likeness (QED) is 0.776. The number of hydrogen-bond donors (Lipinski definition) is 2. The molecule has 2 amide bonds. The van der Waals surface area contributed by atoms with Crippen molar-refractivity contribution in [3.63, 3.8) is 0 Å². The van der Waals surface area contributed by atoms with Gasteiger partial charge in [-0.3, -0.25) is 9.59 Å². The molecule has 0 unspecified atom stereocenters. The molecule has 5 nitrogen and oxygen atoms in total. The minimum atomic E-state index is -0.194. The summed E-state index contributed by atoms with van der Waals surface area (Å²) in [4.78, 5) is 24.3. The molecular weight excluding hydrogens is 316 g/mol. The lowest BCUT2D eigenvalue weighted by Gasteiger charge is -2.10. The van der Waals surface area contributed by atoms with Crippen molar-refractivity contribution in [1.82, 2.24) is 10.6 Å². The molecule has 2 aromatic rings. The van der Waals surface area contributed by atoms with Crippen molar-refractivity contribution < 1.29 is 14.3 Å². The first-order chi connectivity index (χ1) is 12.2. The number of amides is 2. The summed E-state index contributed by atoms with van der Waals surface area (Å²) in [6.07, 6.45) is 1.54. The standard InChI is InChI=1S/C20H24N2O3/c1-3-12-21-19(23)16-8-6-9-17(14-16)20(24)22-13-11-15-7-4-5-10-18(15)25-2/h4-10,14H,3,11-13H2,1-2H3,(H,21,23)(H,22,24). The monoisotopic (exact) mass is 340 g/mol. The van der Waals surface area contributed by atoms with Gasteiger partial charge in [-0.1, -0.05) is 31.2 Å². The molecule has 5 heteroatoms. The van der Waals surface area contributed by atoms with E-state index in [2.05, 4.69) is 10.6 Å². The van der Waals surface area contributed by atoms with Crippen molar-refractivity contribution in [3.05, 3.63) is 65.2 Å². The van der Waals surface area contributed by atoms with E-state index in [0.717, 1.165) is 17.7 Å². The zero-order chi connectivity index (χ0) is 18.1. The van der Waals surface area contributed by atoms with Crippen molar-refractivity contribution in [2.24, 2.45) is 0 Å². The molecule has 0 saturated heterocycles. The van der Waals surface area contributed by atoms with Crippen LogP contribution < -0.4 is 15.4 Å². The number of benzene rings is 2. The van der Waals surface area contributed by atoms with Gasteiger partial charge in [-0.15, -0.1) is 0 Å². The van der Waals surface area contributed by atoms with Gasteiger partial charge < -0.3 is 15.4 Å². The molecule has 0 aliphatic heterocycles. The summed E-state index contributed by atoms with van der Waals surface area (Å²) in [7, 11) is 1.63. The minimum Gasteiger partial charge on any atom is -0.496 e. The smallest absolute Gasteiger partial charge is 0.251 e. The van der Waals surface area contributed by atoms with Crippen LogP contribution in [0.15, 0.2) is 48.5 Å². The third kappa shape index (κ3) is 5.35. The summed E-state index contributed by atoms with van der Waals surface area (Å²) >= 11 is 0. The Hall–Kier alpha value is -2.82. The summed E-state index contributed by atoms with van der Waals surface area (Å²) in [6.45, 7) is 3.10. The topological polar surface area (TPSA) is 67.4 Å². The van der Waals surface area contributed by atoms with Crippen molar-refractivity contribution in [3.8, 4) is 5.75 Å². The molecule has 0 heterocycles. The van der Waals surface area contributed by atoms with E-state index in [-0.39, 0.29) is 11.8 Å². The maximum Gasteiger partial charge on any atom is 0.251 e. The van der Waals surface area contributed by atoms with Crippen LogP contribution in [0.2, 0.25) is 0 Å². The summed E-state index contributed by atoms with van der Waals surface area (Å²) in [5.74, 6) is 0.455. The summed E-state index contributed by atoms with van der Waals surface area (Å²) in [6, 6.07) is 14.5. The molecule has 0 radical (unpaired) electrons. The van der Waals surface area contributed by atoms with Crippen molar-refractivity contribution in [2.45, 2.75) is 19.8 Å². The normalized spacial score (nSPS) is 10.2. The molecule has 2 aromatic carbocycles. The summed E-state index contributed by atoms with van der Waals surface area (Å²) < 4.78 is 5.30. The third-order valence-electron chi connectivity index (χ3n) is 3.79. The Labute approximate surface area is 148 Å². The Kier molecular flexibility index (Phi) is 7.01. The average molecular weight is 340 g/mol. The van der Waals surface area contributed by atoms with Gasteiger partial charge in [0.15, 0.2) is 0 Å². The van der Waals surface area contributed by atoms with Crippen LogP contribution in [0, 0.1) is 0 Å². The fourth-order valence-corrected chi connectivity index (χ4v) is 2.46. The van der Waals surface area contributed by atoms with Crippen LogP contribution in [0.25, 0.3) is 0 Å². The third-order valence-corrected chi connectivity index (χ3v) is 3.79. The number of methoxy groups -OCH3 is 1. The Morgan fingerprint density at radius 2 is 1.56 bits per heavy atom. The Morgan fingerprint density at radius 1 is 0.920 bits per heavy atom. The van der Waals surface area contributed by atoms with Gasteiger partial charge in [0, 0.05) is 24.2 Å². The lowest BCUT2D eigenvalue weighted by atomic mass is 10.1. The maximum atomic E-state index is 12.3. The van der Waals surface area contributed by atoms with Gasteiger partial charge in [0.05, 0.1) is 7.11 Å². The highest BCUT2D eigenvalue weighted by molar-refractivity contribution is 5.99. The van der Waals surface area contributed by atoms with Crippen LogP contribution in [-0.4, -0.2) is 32.0 Å². The van der Waals surface area contributed by atoms with Gasteiger partial charge in [0.25, 0.3) is 11.8 Å². The van der Waals surface area contributed by atoms with E-state index >= 15 is 0 Å². The number of carbonyl (C=O) groups is 2. The second-order valence-corrected chi connectivity index (χ2v) is 5.65. The maximum absolute atomic E-state index is 12.3. The molecule has 0 aliphatic rings. The van der Waals surface area contributed by atoms with E-state index in [4.69, 9.17) is 4.74 Å². The van der Waals surface area contributed by atoms with E-state index in [1.54, 1.807) is 31.4 Å². The predicted molar refractivity (Wildman–Crippen MR) is 98.1 cm³/mol. The number of para-hydroxylation sites is 1. The highest BCUT2D eigenvalue weighted by Gasteiger charge is 2.10. The van der Waals surface area contributed by atoms with Gasteiger partial charge in [0.2, 0.25) is 0 Å². The van der Waals surface area contributed by atoms with E-state index in [9.17, 15) is 9.59 Å². The molecular formula is C20H24N2O3. The highest BCUT2D eigenvalue weighted by atomic mass is 16.5. The second-order valence-electron chi connectivity index (χ2n) is 5.65. The highest BCUT2D eigenvalue weighted by Crippen LogP contribution is 2.17.